The van der Waals surface area contributed by atoms with Gasteiger partial charge in [-0.15, -0.1) is 0 Å². The maximum atomic E-state index is 12.0. The van der Waals surface area contributed by atoms with Crippen molar-refractivity contribution >= 4 is 16.9 Å². The lowest BCUT2D eigenvalue weighted by Gasteiger charge is -2.06. The van der Waals surface area contributed by atoms with Crippen LogP contribution in [-0.2, 0) is 16.1 Å². The lowest BCUT2D eigenvalue weighted by Crippen LogP contribution is -2.15. The Labute approximate surface area is 117 Å². The zero-order chi connectivity index (χ0) is 14.5. The predicted octanol–water partition coefficient (Wildman–Crippen LogP) is 3.07. The molecule has 0 aliphatic rings. The summed E-state index contributed by atoms with van der Waals surface area (Å²) in [7, 11) is 0. The molecule has 2 aromatic rings. The van der Waals surface area contributed by atoms with E-state index in [0.29, 0.717) is 12.0 Å². The largest absolute Gasteiger partial charge is 0.461 e. The summed E-state index contributed by atoms with van der Waals surface area (Å²) in [5.74, 6) is -0.254. The smallest absolute Gasteiger partial charge is 0.306 e. The van der Waals surface area contributed by atoms with E-state index in [4.69, 9.17) is 4.74 Å². The number of benzene rings is 1. The summed E-state index contributed by atoms with van der Waals surface area (Å²) in [6.07, 6.45) is 2.16. The number of fused-ring (bicyclic) bond motifs is 1. The first-order chi connectivity index (χ1) is 9.61. The normalized spacial score (nSPS) is 10.7. The van der Waals surface area contributed by atoms with Gasteiger partial charge in [-0.1, -0.05) is 31.5 Å². The molecule has 2 rings (SSSR count). The van der Waals surface area contributed by atoms with Gasteiger partial charge in [0.1, 0.15) is 6.61 Å². The van der Waals surface area contributed by atoms with Crippen molar-refractivity contribution in [1.82, 2.24) is 4.98 Å². The van der Waals surface area contributed by atoms with Crippen LogP contribution < -0.4 is 5.56 Å². The third kappa shape index (κ3) is 3.26. The van der Waals surface area contributed by atoms with Crippen LogP contribution in [0.25, 0.3) is 10.9 Å². The highest BCUT2D eigenvalue weighted by atomic mass is 16.5. The molecule has 0 spiro atoms. The molecule has 0 saturated carbocycles. The summed E-state index contributed by atoms with van der Waals surface area (Å²) < 4.78 is 5.13. The fourth-order valence-electron chi connectivity index (χ4n) is 2.09. The first kappa shape index (κ1) is 14.3. The van der Waals surface area contributed by atoms with E-state index in [0.717, 1.165) is 29.3 Å². The number of ether oxygens (including phenoxy) is 1. The van der Waals surface area contributed by atoms with E-state index in [-0.39, 0.29) is 18.1 Å². The van der Waals surface area contributed by atoms with Crippen LogP contribution in [0, 0.1) is 6.92 Å². The second kappa shape index (κ2) is 6.37. The molecule has 0 fully saturated rings. The highest BCUT2D eigenvalue weighted by Gasteiger charge is 2.07. The van der Waals surface area contributed by atoms with Crippen LogP contribution in [0.15, 0.2) is 29.1 Å². The maximum Gasteiger partial charge on any atom is 0.306 e. The number of carbonyl (C=O) groups is 1. The average molecular weight is 273 g/mol. The van der Waals surface area contributed by atoms with E-state index >= 15 is 0 Å². The van der Waals surface area contributed by atoms with E-state index in [2.05, 4.69) is 4.98 Å². The topological polar surface area (TPSA) is 59.2 Å². The molecule has 0 bridgehead atoms. The molecular formula is C16H19NO3. The van der Waals surface area contributed by atoms with Gasteiger partial charge in [0.05, 0.1) is 11.1 Å². The molecule has 4 nitrogen and oxygen atoms in total. The highest BCUT2D eigenvalue weighted by Crippen LogP contribution is 2.15. The van der Waals surface area contributed by atoms with Gasteiger partial charge in [-0.25, -0.2) is 0 Å². The number of hydrogen-bond acceptors (Lipinski definition) is 3. The molecule has 0 amide bonds. The SMILES string of the molecule is CCCCC(=O)OCc1cc2cccc(C)c2[nH]c1=O. The fourth-order valence-corrected chi connectivity index (χ4v) is 2.09. The summed E-state index contributed by atoms with van der Waals surface area (Å²) in [6.45, 7) is 3.99. The minimum absolute atomic E-state index is 0.0295. The molecule has 0 aliphatic carbocycles. The number of nitrogens with one attached hydrogen (secondary N) is 1. The van der Waals surface area contributed by atoms with E-state index in [1.165, 1.54) is 0 Å². The van der Waals surface area contributed by atoms with Gasteiger partial charge in [0.2, 0.25) is 0 Å². The molecule has 20 heavy (non-hydrogen) atoms. The van der Waals surface area contributed by atoms with E-state index < -0.39 is 0 Å². The Morgan fingerprint density at radius 3 is 2.90 bits per heavy atom. The number of aromatic amines is 1. The first-order valence-electron chi connectivity index (χ1n) is 6.89. The Kier molecular flexibility index (Phi) is 4.56. The molecule has 1 aromatic carbocycles. The van der Waals surface area contributed by atoms with Crippen LogP contribution in [0.5, 0.6) is 0 Å². The van der Waals surface area contributed by atoms with Gasteiger partial charge in [-0.05, 0) is 30.4 Å². The van der Waals surface area contributed by atoms with Crippen molar-refractivity contribution in [3.8, 4) is 0 Å². The van der Waals surface area contributed by atoms with Gasteiger partial charge in [0.25, 0.3) is 5.56 Å². The number of aromatic nitrogens is 1. The number of carbonyl (C=O) groups excluding carboxylic acids is 1. The molecule has 1 N–H and O–H groups in total. The fraction of sp³-hybridized carbons (Fsp3) is 0.375. The van der Waals surface area contributed by atoms with Crippen LogP contribution in [0.4, 0.5) is 0 Å². The van der Waals surface area contributed by atoms with Crippen molar-refractivity contribution in [2.45, 2.75) is 39.7 Å². The second-order valence-corrected chi connectivity index (χ2v) is 4.93. The average Bonchev–Trinajstić information content (AvgIpc) is 2.44. The number of aryl methyl sites for hydroxylation is 1. The van der Waals surface area contributed by atoms with Crippen molar-refractivity contribution in [2.75, 3.05) is 0 Å². The summed E-state index contributed by atoms with van der Waals surface area (Å²) in [5, 5.41) is 0.948. The summed E-state index contributed by atoms with van der Waals surface area (Å²) >= 11 is 0. The first-order valence-corrected chi connectivity index (χ1v) is 6.89. The number of unbranched alkanes of at least 4 members (excludes halogenated alkanes) is 1. The van der Waals surface area contributed by atoms with Gasteiger partial charge in [0, 0.05) is 6.42 Å². The van der Waals surface area contributed by atoms with E-state index in [1.807, 2.05) is 32.0 Å². The number of H-pyrrole nitrogens is 1. The van der Waals surface area contributed by atoms with E-state index in [1.54, 1.807) is 6.07 Å². The van der Waals surface area contributed by atoms with Crippen molar-refractivity contribution in [2.24, 2.45) is 0 Å². The summed E-state index contributed by atoms with van der Waals surface area (Å²) in [4.78, 5) is 26.3. The van der Waals surface area contributed by atoms with Crippen LogP contribution in [0.2, 0.25) is 0 Å². The predicted molar refractivity (Wildman–Crippen MR) is 78.6 cm³/mol. The second-order valence-electron chi connectivity index (χ2n) is 4.93. The van der Waals surface area contributed by atoms with Crippen LogP contribution >= 0.6 is 0 Å². The molecule has 0 aliphatic heterocycles. The molecule has 0 unspecified atom stereocenters. The van der Waals surface area contributed by atoms with Gasteiger partial charge in [0.15, 0.2) is 0 Å². The zero-order valence-corrected chi connectivity index (χ0v) is 11.9. The molecule has 0 saturated heterocycles. The minimum Gasteiger partial charge on any atom is -0.461 e. The Balaban J connectivity index is 2.17. The number of esters is 1. The third-order valence-electron chi connectivity index (χ3n) is 3.29. The van der Waals surface area contributed by atoms with Gasteiger partial charge >= 0.3 is 5.97 Å². The van der Waals surface area contributed by atoms with Crippen molar-refractivity contribution in [1.29, 1.82) is 0 Å². The molecule has 0 radical (unpaired) electrons. The molecule has 106 valence electrons. The molecule has 0 atom stereocenters. The summed E-state index contributed by atoms with van der Waals surface area (Å²) in [5.41, 5.74) is 2.13. The lowest BCUT2D eigenvalue weighted by atomic mass is 10.1. The minimum atomic E-state index is -0.254. The quantitative estimate of drug-likeness (QED) is 0.852. The van der Waals surface area contributed by atoms with Crippen LogP contribution in [-0.4, -0.2) is 11.0 Å². The van der Waals surface area contributed by atoms with Gasteiger partial charge in [-0.3, -0.25) is 9.59 Å². The maximum absolute atomic E-state index is 12.0. The number of hydrogen-bond donors (Lipinski definition) is 1. The Morgan fingerprint density at radius 2 is 2.15 bits per heavy atom. The molecule has 4 heteroatoms. The third-order valence-corrected chi connectivity index (χ3v) is 3.29. The highest BCUT2D eigenvalue weighted by molar-refractivity contribution is 5.81. The zero-order valence-electron chi connectivity index (χ0n) is 11.9. The molecule has 1 heterocycles. The lowest BCUT2D eigenvalue weighted by molar-refractivity contribution is -0.145. The monoisotopic (exact) mass is 273 g/mol. The van der Waals surface area contributed by atoms with Crippen molar-refractivity contribution in [3.63, 3.8) is 0 Å². The van der Waals surface area contributed by atoms with Gasteiger partial charge in [-0.2, -0.15) is 0 Å². The van der Waals surface area contributed by atoms with Crippen LogP contribution in [0.3, 0.4) is 0 Å². The molecule has 1 aromatic heterocycles. The Hall–Kier alpha value is -2.10. The van der Waals surface area contributed by atoms with E-state index in [9.17, 15) is 9.59 Å². The van der Waals surface area contributed by atoms with Crippen molar-refractivity contribution < 1.29 is 9.53 Å². The van der Waals surface area contributed by atoms with Gasteiger partial charge < -0.3 is 9.72 Å². The Bertz CT molecular complexity index is 673. The standard InChI is InChI=1S/C16H19NO3/c1-3-4-8-14(18)20-10-13-9-12-7-5-6-11(2)15(12)17-16(13)19/h5-7,9H,3-4,8,10H2,1-2H3,(H,17,19). The number of pyridine rings is 1. The molecular weight excluding hydrogens is 254 g/mol. The Morgan fingerprint density at radius 1 is 1.35 bits per heavy atom. The number of para-hydroxylation sites is 1. The van der Waals surface area contributed by atoms with Crippen molar-refractivity contribution in [3.05, 3.63) is 45.7 Å². The summed E-state index contributed by atoms with van der Waals surface area (Å²) in [6, 6.07) is 7.60. The van der Waals surface area contributed by atoms with Crippen LogP contribution in [0.1, 0.15) is 37.3 Å². The number of rotatable bonds is 5.